The molecule has 2 bridgehead atoms. The summed E-state index contributed by atoms with van der Waals surface area (Å²) < 4.78 is 0. The summed E-state index contributed by atoms with van der Waals surface area (Å²) in [7, 11) is 1.85. The van der Waals surface area contributed by atoms with Crippen molar-refractivity contribution in [3.05, 3.63) is 28.8 Å². The molecule has 2 unspecified atom stereocenters. The highest BCUT2D eigenvalue weighted by molar-refractivity contribution is 6.31. The second kappa shape index (κ2) is 5.98. The van der Waals surface area contributed by atoms with E-state index in [4.69, 9.17) is 11.6 Å². The van der Waals surface area contributed by atoms with Crippen LogP contribution in [-0.4, -0.2) is 25.0 Å². The summed E-state index contributed by atoms with van der Waals surface area (Å²) in [4.78, 5) is 14.2. The topological polar surface area (TPSA) is 32.3 Å². The molecule has 1 N–H and O–H groups in total. The quantitative estimate of drug-likeness (QED) is 0.926. The van der Waals surface area contributed by atoms with Gasteiger partial charge in [-0.3, -0.25) is 4.79 Å². The molecule has 0 saturated carbocycles. The molecule has 1 amide bonds. The van der Waals surface area contributed by atoms with Gasteiger partial charge in [-0.05, 0) is 56.2 Å². The van der Waals surface area contributed by atoms with Crippen LogP contribution in [0.5, 0.6) is 0 Å². The molecule has 2 saturated heterocycles. The molecule has 2 atom stereocenters. The Balaban J connectivity index is 1.63. The van der Waals surface area contributed by atoms with Crippen molar-refractivity contribution in [2.24, 2.45) is 5.92 Å². The van der Waals surface area contributed by atoms with Crippen LogP contribution >= 0.6 is 11.6 Å². The van der Waals surface area contributed by atoms with Gasteiger partial charge in [-0.1, -0.05) is 17.7 Å². The van der Waals surface area contributed by atoms with E-state index in [-0.39, 0.29) is 5.91 Å². The Bertz CT molecular complexity index is 534. The van der Waals surface area contributed by atoms with Gasteiger partial charge in [0.1, 0.15) is 0 Å². The van der Waals surface area contributed by atoms with Crippen molar-refractivity contribution in [1.82, 2.24) is 5.32 Å². The van der Waals surface area contributed by atoms with E-state index in [1.165, 1.54) is 12.8 Å². The third-order valence-corrected chi connectivity index (χ3v) is 5.36. The van der Waals surface area contributed by atoms with E-state index in [0.717, 1.165) is 24.1 Å². The van der Waals surface area contributed by atoms with Crippen LogP contribution in [0.15, 0.2) is 18.2 Å². The molecule has 3 rings (SSSR count). The lowest BCUT2D eigenvalue weighted by atomic mass is 9.89. The fraction of sp³-hybridized carbons (Fsp3) is 0.588. The van der Waals surface area contributed by atoms with Crippen LogP contribution in [0, 0.1) is 12.8 Å². The van der Waals surface area contributed by atoms with E-state index in [0.29, 0.717) is 29.4 Å². The maximum absolute atomic E-state index is 12.5. The first kappa shape index (κ1) is 14.9. The molecule has 2 heterocycles. The Hall–Kier alpha value is -1.06. The van der Waals surface area contributed by atoms with Crippen molar-refractivity contribution in [2.75, 3.05) is 11.9 Å². The average molecular weight is 307 g/mol. The minimum Gasteiger partial charge on any atom is -0.315 e. The second-order valence-electron chi connectivity index (χ2n) is 6.57. The minimum atomic E-state index is 0.196. The number of nitrogens with one attached hydrogen (secondary N) is 1. The summed E-state index contributed by atoms with van der Waals surface area (Å²) in [6.45, 7) is 1.97. The first-order chi connectivity index (χ1) is 10.0. The first-order valence-electron chi connectivity index (χ1n) is 7.81. The van der Waals surface area contributed by atoms with Gasteiger partial charge in [0, 0.05) is 36.3 Å². The molecule has 1 aromatic rings. The van der Waals surface area contributed by atoms with Crippen LogP contribution in [0.25, 0.3) is 0 Å². The molecule has 0 aliphatic carbocycles. The van der Waals surface area contributed by atoms with Gasteiger partial charge in [0.2, 0.25) is 5.91 Å². The lowest BCUT2D eigenvalue weighted by Gasteiger charge is -2.30. The molecule has 0 aromatic heterocycles. The summed E-state index contributed by atoms with van der Waals surface area (Å²) in [6, 6.07) is 7.08. The third-order valence-electron chi connectivity index (χ3n) is 4.95. The number of nitrogens with zero attached hydrogens (tertiary/aromatic N) is 1. The predicted molar refractivity (Wildman–Crippen MR) is 86.9 cm³/mol. The zero-order chi connectivity index (χ0) is 15.0. The Kier molecular flexibility index (Phi) is 4.23. The monoisotopic (exact) mass is 306 g/mol. The molecule has 4 heteroatoms. The van der Waals surface area contributed by atoms with Crippen molar-refractivity contribution < 1.29 is 4.79 Å². The molecule has 2 aliphatic heterocycles. The van der Waals surface area contributed by atoms with Gasteiger partial charge in [-0.2, -0.15) is 0 Å². The molecular weight excluding hydrogens is 284 g/mol. The summed E-state index contributed by atoms with van der Waals surface area (Å²) >= 11 is 6.15. The number of hydrogen-bond acceptors (Lipinski definition) is 2. The molecule has 2 aliphatic rings. The number of anilines is 1. The maximum atomic E-state index is 12.5. The zero-order valence-electron chi connectivity index (χ0n) is 12.7. The molecule has 0 radical (unpaired) electrons. The van der Waals surface area contributed by atoms with Crippen molar-refractivity contribution in [1.29, 1.82) is 0 Å². The number of carbonyl (C=O) groups is 1. The predicted octanol–water partition coefficient (Wildman–Crippen LogP) is 3.53. The lowest BCUT2D eigenvalue weighted by molar-refractivity contribution is -0.119. The van der Waals surface area contributed by atoms with Gasteiger partial charge < -0.3 is 10.2 Å². The molecule has 2 fully saturated rings. The van der Waals surface area contributed by atoms with Crippen LogP contribution in [0.4, 0.5) is 5.69 Å². The van der Waals surface area contributed by atoms with E-state index in [2.05, 4.69) is 5.32 Å². The SMILES string of the molecule is Cc1ccc(N(C)C(=O)CC2CC3CCC(C2)N3)cc1Cl. The van der Waals surface area contributed by atoms with E-state index in [9.17, 15) is 4.79 Å². The summed E-state index contributed by atoms with van der Waals surface area (Å²) in [6.07, 6.45) is 5.49. The number of fused-ring (bicyclic) bond motifs is 2. The molecular formula is C17H23ClN2O. The number of halogens is 1. The molecule has 3 nitrogen and oxygen atoms in total. The van der Waals surface area contributed by atoms with Crippen LogP contribution < -0.4 is 10.2 Å². The summed E-state index contributed by atoms with van der Waals surface area (Å²) in [5, 5.41) is 4.34. The second-order valence-corrected chi connectivity index (χ2v) is 6.97. The average Bonchev–Trinajstić information content (AvgIpc) is 2.80. The van der Waals surface area contributed by atoms with Crippen LogP contribution in [0.3, 0.4) is 0 Å². The van der Waals surface area contributed by atoms with Gasteiger partial charge >= 0.3 is 0 Å². The van der Waals surface area contributed by atoms with Crippen LogP contribution in [0.1, 0.15) is 37.7 Å². The minimum absolute atomic E-state index is 0.196. The van der Waals surface area contributed by atoms with Gasteiger partial charge in [-0.15, -0.1) is 0 Å². The normalized spacial score (nSPS) is 27.7. The number of amides is 1. The highest BCUT2D eigenvalue weighted by Gasteiger charge is 2.34. The standard InChI is InChI=1S/C17H23ClN2O/c1-11-3-6-15(10-16(11)18)20(2)17(21)9-12-7-13-4-5-14(8-12)19-13/h3,6,10,12-14,19H,4-5,7-9H2,1-2H3. The van der Waals surface area contributed by atoms with E-state index >= 15 is 0 Å². The number of rotatable bonds is 3. The number of hydrogen-bond donors (Lipinski definition) is 1. The Morgan fingerprint density at radius 1 is 1.33 bits per heavy atom. The van der Waals surface area contributed by atoms with E-state index in [1.807, 2.05) is 32.2 Å². The van der Waals surface area contributed by atoms with Crippen molar-refractivity contribution in [2.45, 2.75) is 51.1 Å². The van der Waals surface area contributed by atoms with Gasteiger partial charge in [0.15, 0.2) is 0 Å². The zero-order valence-corrected chi connectivity index (χ0v) is 13.5. The smallest absolute Gasteiger partial charge is 0.226 e. The van der Waals surface area contributed by atoms with Crippen LogP contribution in [-0.2, 0) is 4.79 Å². The number of carbonyl (C=O) groups excluding carboxylic acids is 1. The number of benzene rings is 1. The molecule has 0 spiro atoms. The van der Waals surface area contributed by atoms with Gasteiger partial charge in [0.25, 0.3) is 0 Å². The van der Waals surface area contributed by atoms with Gasteiger partial charge in [0.05, 0.1) is 0 Å². The largest absolute Gasteiger partial charge is 0.315 e. The Morgan fingerprint density at radius 2 is 2.00 bits per heavy atom. The van der Waals surface area contributed by atoms with Crippen molar-refractivity contribution in [3.8, 4) is 0 Å². The molecule has 114 valence electrons. The van der Waals surface area contributed by atoms with E-state index in [1.54, 1.807) is 4.90 Å². The number of piperidine rings is 1. The summed E-state index contributed by atoms with van der Waals surface area (Å²) in [5.41, 5.74) is 1.92. The van der Waals surface area contributed by atoms with Gasteiger partial charge in [-0.25, -0.2) is 0 Å². The molecule has 21 heavy (non-hydrogen) atoms. The third kappa shape index (κ3) is 3.24. The first-order valence-corrected chi connectivity index (χ1v) is 8.19. The highest BCUT2D eigenvalue weighted by Crippen LogP contribution is 2.33. The maximum Gasteiger partial charge on any atom is 0.226 e. The van der Waals surface area contributed by atoms with E-state index < -0.39 is 0 Å². The van der Waals surface area contributed by atoms with Crippen molar-refractivity contribution in [3.63, 3.8) is 0 Å². The summed E-state index contributed by atoms with van der Waals surface area (Å²) in [5.74, 6) is 0.723. The Labute approximate surface area is 131 Å². The Morgan fingerprint density at radius 3 is 2.62 bits per heavy atom. The lowest BCUT2D eigenvalue weighted by Crippen LogP contribution is -2.40. The van der Waals surface area contributed by atoms with Crippen LogP contribution in [0.2, 0.25) is 5.02 Å². The number of aryl methyl sites for hydroxylation is 1. The fourth-order valence-corrected chi connectivity index (χ4v) is 3.83. The highest BCUT2D eigenvalue weighted by atomic mass is 35.5. The molecule has 1 aromatic carbocycles. The van der Waals surface area contributed by atoms with Crippen molar-refractivity contribution >= 4 is 23.2 Å². The fourth-order valence-electron chi connectivity index (χ4n) is 3.66.